The molecule has 2 N–H and O–H groups in total. The average molecular weight is 299 g/mol. The number of aromatic nitrogens is 2. The van der Waals surface area contributed by atoms with Gasteiger partial charge in [0.1, 0.15) is 5.69 Å². The monoisotopic (exact) mass is 299 g/mol. The standard InChI is InChI=1S/C17H21N3O2/c1-12(2)14(10-13-6-4-3-5-7-13)11-18-17(22)15-8-9-16(21)20-19-15/h3-9,12,14H,10-11H2,1-2H3,(H,18,22)(H,20,21). The molecule has 0 saturated carbocycles. The second kappa shape index (κ2) is 7.54. The van der Waals surface area contributed by atoms with Crippen molar-refractivity contribution in [1.82, 2.24) is 15.5 Å². The van der Waals surface area contributed by atoms with Crippen LogP contribution >= 0.6 is 0 Å². The Morgan fingerprint density at radius 3 is 2.50 bits per heavy atom. The molecule has 1 heterocycles. The van der Waals surface area contributed by atoms with Crippen LogP contribution in [0.5, 0.6) is 0 Å². The molecule has 1 unspecified atom stereocenters. The zero-order valence-corrected chi connectivity index (χ0v) is 12.9. The average Bonchev–Trinajstić information content (AvgIpc) is 2.52. The number of benzene rings is 1. The molecule has 0 fully saturated rings. The molecule has 0 aliphatic heterocycles. The van der Waals surface area contributed by atoms with Gasteiger partial charge < -0.3 is 5.32 Å². The largest absolute Gasteiger partial charge is 0.350 e. The zero-order valence-electron chi connectivity index (χ0n) is 12.9. The molecule has 0 aliphatic carbocycles. The number of nitrogens with zero attached hydrogens (tertiary/aromatic N) is 1. The first-order chi connectivity index (χ1) is 10.6. The fourth-order valence-corrected chi connectivity index (χ4v) is 2.25. The number of nitrogens with one attached hydrogen (secondary N) is 2. The SMILES string of the molecule is CC(C)C(CNC(=O)c1ccc(=O)[nH]n1)Cc1ccccc1. The Hall–Kier alpha value is -2.43. The highest BCUT2D eigenvalue weighted by atomic mass is 16.2. The van der Waals surface area contributed by atoms with Crippen LogP contribution in [0.2, 0.25) is 0 Å². The molecule has 1 aromatic carbocycles. The van der Waals surface area contributed by atoms with Crippen LogP contribution in [0.4, 0.5) is 0 Å². The van der Waals surface area contributed by atoms with Crippen molar-refractivity contribution >= 4 is 5.91 Å². The van der Waals surface area contributed by atoms with E-state index in [0.717, 1.165) is 6.42 Å². The van der Waals surface area contributed by atoms with Crippen LogP contribution in [0.25, 0.3) is 0 Å². The Morgan fingerprint density at radius 2 is 1.91 bits per heavy atom. The lowest BCUT2D eigenvalue weighted by Crippen LogP contribution is -2.33. The number of amides is 1. The molecule has 22 heavy (non-hydrogen) atoms. The minimum atomic E-state index is -0.319. The number of carbonyl (C=O) groups is 1. The third-order valence-electron chi connectivity index (χ3n) is 3.72. The van der Waals surface area contributed by atoms with E-state index in [-0.39, 0.29) is 17.2 Å². The summed E-state index contributed by atoms with van der Waals surface area (Å²) in [5, 5.41) is 8.90. The van der Waals surface area contributed by atoms with Gasteiger partial charge in [-0.3, -0.25) is 9.59 Å². The van der Waals surface area contributed by atoms with Crippen LogP contribution in [0, 0.1) is 11.8 Å². The summed E-state index contributed by atoms with van der Waals surface area (Å²) < 4.78 is 0. The summed E-state index contributed by atoms with van der Waals surface area (Å²) in [4.78, 5) is 23.0. The van der Waals surface area contributed by atoms with E-state index in [2.05, 4.69) is 41.5 Å². The normalized spacial score (nSPS) is 12.1. The van der Waals surface area contributed by atoms with E-state index in [1.165, 1.54) is 17.7 Å². The van der Waals surface area contributed by atoms with Crippen LogP contribution in [0.1, 0.15) is 29.9 Å². The Morgan fingerprint density at radius 1 is 1.18 bits per heavy atom. The zero-order chi connectivity index (χ0) is 15.9. The van der Waals surface area contributed by atoms with Gasteiger partial charge in [0.05, 0.1) is 0 Å². The number of hydrogen-bond acceptors (Lipinski definition) is 3. The number of H-pyrrole nitrogens is 1. The van der Waals surface area contributed by atoms with Crippen molar-refractivity contribution in [2.75, 3.05) is 6.54 Å². The minimum Gasteiger partial charge on any atom is -0.350 e. The first-order valence-electron chi connectivity index (χ1n) is 7.44. The number of hydrogen-bond donors (Lipinski definition) is 2. The first-order valence-corrected chi connectivity index (χ1v) is 7.44. The molecule has 0 radical (unpaired) electrons. The van der Waals surface area contributed by atoms with Gasteiger partial charge in [-0.15, -0.1) is 0 Å². The maximum absolute atomic E-state index is 12.0. The summed E-state index contributed by atoms with van der Waals surface area (Å²) in [5.74, 6) is 0.521. The maximum atomic E-state index is 12.0. The molecular formula is C17H21N3O2. The molecule has 116 valence electrons. The lowest BCUT2D eigenvalue weighted by Gasteiger charge is -2.21. The van der Waals surface area contributed by atoms with E-state index in [4.69, 9.17) is 0 Å². The Bertz CT molecular complexity index is 645. The van der Waals surface area contributed by atoms with Gasteiger partial charge >= 0.3 is 0 Å². The Kier molecular flexibility index (Phi) is 5.47. The third-order valence-corrected chi connectivity index (χ3v) is 3.72. The summed E-state index contributed by atoms with van der Waals surface area (Å²) in [6.07, 6.45) is 0.915. The molecule has 1 amide bonds. The van der Waals surface area contributed by atoms with Gasteiger partial charge in [-0.1, -0.05) is 44.2 Å². The Balaban J connectivity index is 1.95. The van der Waals surface area contributed by atoms with Gasteiger partial charge in [0.2, 0.25) is 0 Å². The smallest absolute Gasteiger partial charge is 0.271 e. The van der Waals surface area contributed by atoms with Gasteiger partial charge in [-0.25, -0.2) is 5.10 Å². The van der Waals surface area contributed by atoms with Crippen LogP contribution in [0.15, 0.2) is 47.3 Å². The summed E-state index contributed by atoms with van der Waals surface area (Å²) >= 11 is 0. The highest BCUT2D eigenvalue weighted by molar-refractivity contribution is 5.91. The van der Waals surface area contributed by atoms with Gasteiger partial charge in [-0.2, -0.15) is 5.10 Å². The van der Waals surface area contributed by atoms with Crippen molar-refractivity contribution in [3.05, 3.63) is 64.1 Å². The molecule has 5 heteroatoms. The fraction of sp³-hybridized carbons (Fsp3) is 0.353. The molecule has 2 rings (SSSR count). The maximum Gasteiger partial charge on any atom is 0.271 e. The van der Waals surface area contributed by atoms with E-state index in [1.54, 1.807) is 0 Å². The van der Waals surface area contributed by atoms with Crippen LogP contribution in [0.3, 0.4) is 0 Å². The van der Waals surface area contributed by atoms with E-state index < -0.39 is 0 Å². The molecule has 2 aromatic rings. The van der Waals surface area contributed by atoms with Crippen molar-refractivity contribution < 1.29 is 4.79 Å². The summed E-state index contributed by atoms with van der Waals surface area (Å²) in [5.41, 5.74) is 1.17. The van der Waals surface area contributed by atoms with E-state index in [9.17, 15) is 9.59 Å². The number of rotatable bonds is 6. The molecular weight excluding hydrogens is 278 g/mol. The molecule has 0 spiro atoms. The first kappa shape index (κ1) is 15.9. The molecule has 0 aliphatic rings. The van der Waals surface area contributed by atoms with Gasteiger partial charge in [0.15, 0.2) is 0 Å². The van der Waals surface area contributed by atoms with Gasteiger partial charge in [-0.05, 0) is 29.9 Å². The van der Waals surface area contributed by atoms with Crippen molar-refractivity contribution in [3.63, 3.8) is 0 Å². The molecule has 0 bridgehead atoms. The fourth-order valence-electron chi connectivity index (χ4n) is 2.25. The Labute approximate surface area is 129 Å². The highest BCUT2D eigenvalue weighted by Crippen LogP contribution is 2.16. The summed E-state index contributed by atoms with van der Waals surface area (Å²) in [6.45, 7) is 4.88. The van der Waals surface area contributed by atoms with E-state index in [0.29, 0.717) is 18.4 Å². The second-order valence-electron chi connectivity index (χ2n) is 5.71. The third kappa shape index (κ3) is 4.55. The van der Waals surface area contributed by atoms with Crippen LogP contribution < -0.4 is 10.9 Å². The van der Waals surface area contributed by atoms with Crippen molar-refractivity contribution in [2.24, 2.45) is 11.8 Å². The minimum absolute atomic E-state index is 0.224. The predicted octanol–water partition coefficient (Wildman–Crippen LogP) is 2.01. The highest BCUT2D eigenvalue weighted by Gasteiger charge is 2.16. The topological polar surface area (TPSA) is 74.8 Å². The summed E-state index contributed by atoms with van der Waals surface area (Å²) in [6, 6.07) is 13.0. The lowest BCUT2D eigenvalue weighted by molar-refractivity contribution is 0.0937. The summed E-state index contributed by atoms with van der Waals surface area (Å²) in [7, 11) is 0. The number of carbonyl (C=O) groups excluding carboxylic acids is 1. The molecule has 5 nitrogen and oxygen atoms in total. The van der Waals surface area contributed by atoms with Gasteiger partial charge in [0.25, 0.3) is 11.5 Å². The molecule has 0 saturated heterocycles. The number of aromatic amines is 1. The van der Waals surface area contributed by atoms with Crippen LogP contribution in [-0.4, -0.2) is 22.6 Å². The lowest BCUT2D eigenvalue weighted by atomic mass is 9.89. The van der Waals surface area contributed by atoms with Crippen LogP contribution in [-0.2, 0) is 6.42 Å². The molecule has 1 aromatic heterocycles. The quantitative estimate of drug-likeness (QED) is 0.857. The predicted molar refractivity (Wildman–Crippen MR) is 85.7 cm³/mol. The van der Waals surface area contributed by atoms with Gasteiger partial charge in [0, 0.05) is 12.6 Å². The second-order valence-corrected chi connectivity index (χ2v) is 5.71. The van der Waals surface area contributed by atoms with Crippen molar-refractivity contribution in [1.29, 1.82) is 0 Å². The van der Waals surface area contributed by atoms with E-state index in [1.807, 2.05) is 18.2 Å². The van der Waals surface area contributed by atoms with Crippen molar-refractivity contribution in [2.45, 2.75) is 20.3 Å². The van der Waals surface area contributed by atoms with E-state index >= 15 is 0 Å². The molecule has 1 atom stereocenters. The van der Waals surface area contributed by atoms with Crippen molar-refractivity contribution in [3.8, 4) is 0 Å².